The zero-order valence-electron chi connectivity index (χ0n) is 11.0. The lowest BCUT2D eigenvalue weighted by Crippen LogP contribution is -2.32. The topological polar surface area (TPSA) is 113 Å². The maximum absolute atomic E-state index is 11.2. The highest BCUT2D eigenvalue weighted by Crippen LogP contribution is 2.13. The van der Waals surface area contributed by atoms with E-state index in [0.29, 0.717) is 5.69 Å². The minimum absolute atomic E-state index is 0.00151. The zero-order chi connectivity index (χ0) is 16.6. The van der Waals surface area contributed by atoms with Crippen molar-refractivity contribution in [3.8, 4) is 0 Å². The summed E-state index contributed by atoms with van der Waals surface area (Å²) < 4.78 is 31.7. The van der Waals surface area contributed by atoms with Gasteiger partial charge in [0, 0.05) is 5.69 Å². The second-order valence-electron chi connectivity index (χ2n) is 3.94. The van der Waals surface area contributed by atoms with E-state index < -0.39 is 18.2 Å². The van der Waals surface area contributed by atoms with Crippen molar-refractivity contribution in [3.63, 3.8) is 0 Å². The molecule has 0 saturated carbocycles. The minimum atomic E-state index is -5.08. The van der Waals surface area contributed by atoms with Crippen LogP contribution in [0.3, 0.4) is 0 Å². The summed E-state index contributed by atoms with van der Waals surface area (Å²) in [5.41, 5.74) is 6.88. The monoisotopic (exact) mass is 308 g/mol. The van der Waals surface area contributed by atoms with E-state index in [1.165, 1.54) is 0 Å². The van der Waals surface area contributed by atoms with Crippen LogP contribution in [0.5, 0.6) is 0 Å². The summed E-state index contributed by atoms with van der Waals surface area (Å²) in [7, 11) is 0. The highest BCUT2D eigenvalue weighted by molar-refractivity contribution is 5.94. The quantitative estimate of drug-likeness (QED) is 0.668. The molecule has 21 heavy (non-hydrogen) atoms. The van der Waals surface area contributed by atoms with Crippen molar-refractivity contribution >= 4 is 17.6 Å². The number of anilines is 1. The van der Waals surface area contributed by atoms with E-state index >= 15 is 0 Å². The van der Waals surface area contributed by atoms with Gasteiger partial charge in [-0.3, -0.25) is 4.79 Å². The van der Waals surface area contributed by atoms with E-state index in [4.69, 9.17) is 20.7 Å². The Morgan fingerprint density at radius 2 is 1.71 bits per heavy atom. The number of nitrogens with two attached hydrogens (primary N) is 1. The van der Waals surface area contributed by atoms with Crippen LogP contribution >= 0.6 is 0 Å². The molecule has 0 fully saturated rings. The van der Waals surface area contributed by atoms with Gasteiger partial charge in [-0.25, -0.2) is 4.79 Å². The molecule has 0 unspecified atom stereocenters. The first-order valence-electron chi connectivity index (χ1n) is 5.64. The van der Waals surface area contributed by atoms with Crippen molar-refractivity contribution in [2.75, 3.05) is 5.32 Å². The number of aliphatic carboxylic acids is 1. The van der Waals surface area contributed by atoms with Gasteiger partial charge in [-0.1, -0.05) is 12.1 Å². The van der Waals surface area contributed by atoms with Crippen molar-refractivity contribution in [1.29, 1.82) is 0 Å². The molecule has 0 radical (unpaired) electrons. The Morgan fingerprint density at radius 1 is 1.29 bits per heavy atom. The minimum Gasteiger partial charge on any atom is -0.475 e. The largest absolute Gasteiger partial charge is 0.490 e. The van der Waals surface area contributed by atoms with Crippen molar-refractivity contribution in [2.45, 2.75) is 25.7 Å². The number of carboxylic acids is 1. The molecular formula is C12H15F3N2O4. The van der Waals surface area contributed by atoms with Crippen molar-refractivity contribution < 1.29 is 33.0 Å². The highest BCUT2D eigenvalue weighted by atomic mass is 19.4. The Labute approximate surface area is 118 Å². The normalized spacial score (nSPS) is 11.9. The molecule has 0 aliphatic heterocycles. The molecule has 0 heterocycles. The zero-order valence-corrected chi connectivity index (χ0v) is 11.0. The van der Waals surface area contributed by atoms with Crippen LogP contribution in [0.4, 0.5) is 18.9 Å². The van der Waals surface area contributed by atoms with Gasteiger partial charge in [-0.05, 0) is 24.6 Å². The number of hydrogen-bond acceptors (Lipinski definition) is 4. The van der Waals surface area contributed by atoms with Crippen LogP contribution in [0.1, 0.15) is 12.5 Å². The van der Waals surface area contributed by atoms with E-state index in [9.17, 15) is 18.0 Å². The lowest BCUT2D eigenvalue weighted by Gasteiger charge is -2.07. The maximum Gasteiger partial charge on any atom is 0.490 e. The fourth-order valence-corrected chi connectivity index (χ4v) is 0.950. The summed E-state index contributed by atoms with van der Waals surface area (Å²) in [5.74, 6) is -2.98. The number of alkyl halides is 3. The SMILES string of the molecule is C[C@H](N)C(=O)Nc1ccc(CO)cc1.O=C(O)C(F)(F)F. The fourth-order valence-electron chi connectivity index (χ4n) is 0.950. The van der Waals surface area contributed by atoms with Gasteiger partial charge in [0.25, 0.3) is 0 Å². The van der Waals surface area contributed by atoms with E-state index in [0.717, 1.165) is 5.56 Å². The summed E-state index contributed by atoms with van der Waals surface area (Å²) in [5, 5.41) is 18.6. The molecule has 6 nitrogen and oxygen atoms in total. The summed E-state index contributed by atoms with van der Waals surface area (Å²) in [6, 6.07) is 6.43. The number of aliphatic hydroxyl groups is 1. The predicted octanol–water partition coefficient (Wildman–Crippen LogP) is 1.10. The third kappa shape index (κ3) is 7.90. The average molecular weight is 308 g/mol. The number of rotatable bonds is 3. The molecule has 0 saturated heterocycles. The van der Waals surface area contributed by atoms with Crippen LogP contribution in [0.2, 0.25) is 0 Å². The molecule has 0 aromatic heterocycles. The number of nitrogens with one attached hydrogen (secondary N) is 1. The van der Waals surface area contributed by atoms with Crippen LogP contribution < -0.4 is 11.1 Å². The van der Waals surface area contributed by atoms with Crippen molar-refractivity contribution in [3.05, 3.63) is 29.8 Å². The molecule has 0 aliphatic carbocycles. The molecule has 9 heteroatoms. The lowest BCUT2D eigenvalue weighted by atomic mass is 10.2. The smallest absolute Gasteiger partial charge is 0.475 e. The van der Waals surface area contributed by atoms with E-state index in [2.05, 4.69) is 5.32 Å². The molecule has 118 valence electrons. The number of hydrogen-bond donors (Lipinski definition) is 4. The van der Waals surface area contributed by atoms with Crippen molar-refractivity contribution in [2.24, 2.45) is 5.73 Å². The van der Waals surface area contributed by atoms with Crippen LogP contribution in [-0.4, -0.2) is 34.3 Å². The molecule has 1 aromatic rings. The first-order valence-corrected chi connectivity index (χ1v) is 5.64. The van der Waals surface area contributed by atoms with Crippen LogP contribution in [-0.2, 0) is 16.2 Å². The second kappa shape index (κ2) is 8.22. The van der Waals surface area contributed by atoms with Crippen LogP contribution in [0.15, 0.2) is 24.3 Å². The molecule has 1 amide bonds. The molecule has 1 atom stereocenters. The summed E-state index contributed by atoms with van der Waals surface area (Å²) in [6.45, 7) is 1.62. The molecule has 5 N–H and O–H groups in total. The van der Waals surface area contributed by atoms with Gasteiger partial charge in [0.1, 0.15) is 0 Å². The fraction of sp³-hybridized carbons (Fsp3) is 0.333. The van der Waals surface area contributed by atoms with Crippen LogP contribution in [0.25, 0.3) is 0 Å². The number of carboxylic acid groups (broad SMARTS) is 1. The Morgan fingerprint density at radius 3 is 2.00 bits per heavy atom. The number of benzene rings is 1. The number of aliphatic hydroxyl groups excluding tert-OH is 1. The van der Waals surface area contributed by atoms with Crippen LogP contribution in [0, 0.1) is 0 Å². The Balaban J connectivity index is 0.000000486. The highest BCUT2D eigenvalue weighted by Gasteiger charge is 2.38. The molecular weight excluding hydrogens is 293 g/mol. The van der Waals surface area contributed by atoms with Gasteiger partial charge >= 0.3 is 12.1 Å². The molecule has 0 aliphatic rings. The Kier molecular flexibility index (Phi) is 7.39. The van der Waals surface area contributed by atoms with Crippen molar-refractivity contribution in [1.82, 2.24) is 0 Å². The van der Waals surface area contributed by atoms with Gasteiger partial charge in [-0.15, -0.1) is 0 Å². The number of carbonyl (C=O) groups excluding carboxylic acids is 1. The molecule has 1 aromatic carbocycles. The van der Waals surface area contributed by atoms with E-state index in [-0.39, 0.29) is 12.5 Å². The predicted molar refractivity (Wildman–Crippen MR) is 68.3 cm³/mol. The summed E-state index contributed by atoms with van der Waals surface area (Å²) in [4.78, 5) is 20.1. The summed E-state index contributed by atoms with van der Waals surface area (Å²) in [6.07, 6.45) is -5.08. The van der Waals surface area contributed by atoms with Gasteiger partial charge in [0.15, 0.2) is 0 Å². The number of halogens is 3. The van der Waals surface area contributed by atoms with Gasteiger partial charge < -0.3 is 21.3 Å². The third-order valence-corrected chi connectivity index (χ3v) is 2.06. The maximum atomic E-state index is 11.2. The van der Waals surface area contributed by atoms with E-state index in [1.54, 1.807) is 31.2 Å². The average Bonchev–Trinajstić information content (AvgIpc) is 2.39. The third-order valence-electron chi connectivity index (χ3n) is 2.06. The van der Waals surface area contributed by atoms with E-state index in [1.807, 2.05) is 0 Å². The first kappa shape index (κ1) is 18.9. The number of amides is 1. The molecule has 0 spiro atoms. The number of carbonyl (C=O) groups is 2. The Hall–Kier alpha value is -2.13. The Bertz CT molecular complexity index is 472. The second-order valence-corrected chi connectivity index (χ2v) is 3.94. The van der Waals surface area contributed by atoms with Gasteiger partial charge in [-0.2, -0.15) is 13.2 Å². The van der Waals surface area contributed by atoms with Gasteiger partial charge in [0.05, 0.1) is 12.6 Å². The lowest BCUT2D eigenvalue weighted by molar-refractivity contribution is -0.192. The first-order chi connectivity index (χ1) is 9.57. The molecule has 1 rings (SSSR count). The van der Waals surface area contributed by atoms with Gasteiger partial charge in [0.2, 0.25) is 5.91 Å². The molecule has 0 bridgehead atoms. The summed E-state index contributed by atoms with van der Waals surface area (Å²) >= 11 is 0. The standard InChI is InChI=1S/C10H14N2O2.C2HF3O2/c1-7(11)10(14)12-9-4-2-8(6-13)3-5-9;3-2(4,5)1(6)7/h2-5,7,13H,6,11H2,1H3,(H,12,14);(H,6,7)/t7-;/m0./s1.